The van der Waals surface area contributed by atoms with Gasteiger partial charge < -0.3 is 14.6 Å². The molecule has 17 heavy (non-hydrogen) atoms. The number of tetrazole rings is 1. The van der Waals surface area contributed by atoms with Gasteiger partial charge in [-0.25, -0.2) is 4.68 Å². The van der Waals surface area contributed by atoms with Crippen molar-refractivity contribution < 1.29 is 14.6 Å². The Morgan fingerprint density at radius 3 is 2.71 bits per heavy atom. The predicted octanol–water partition coefficient (Wildman–Crippen LogP) is 0.155. The van der Waals surface area contributed by atoms with Crippen LogP contribution in [0.3, 0.4) is 0 Å². The van der Waals surface area contributed by atoms with Crippen molar-refractivity contribution in [3.05, 3.63) is 0 Å². The molecule has 0 aromatic carbocycles. The minimum atomic E-state index is -0.381. The van der Waals surface area contributed by atoms with Crippen LogP contribution in [0.2, 0.25) is 0 Å². The van der Waals surface area contributed by atoms with Crippen LogP contribution in [0.25, 0.3) is 0 Å². The quantitative estimate of drug-likeness (QED) is 0.527. The van der Waals surface area contributed by atoms with Gasteiger partial charge >= 0.3 is 0 Å². The Balaban J connectivity index is 2.53. The van der Waals surface area contributed by atoms with Gasteiger partial charge in [-0.3, -0.25) is 0 Å². The highest BCUT2D eigenvalue weighted by Gasteiger charge is 2.13. The van der Waals surface area contributed by atoms with E-state index >= 15 is 0 Å². The van der Waals surface area contributed by atoms with Gasteiger partial charge in [-0.2, -0.15) is 0 Å². The second-order valence-electron chi connectivity index (χ2n) is 3.42. The molecule has 0 saturated heterocycles. The first-order valence-electron chi connectivity index (χ1n) is 5.33. The van der Waals surface area contributed by atoms with Crippen molar-refractivity contribution in [2.45, 2.75) is 37.4 Å². The third-order valence-corrected chi connectivity index (χ3v) is 3.32. The van der Waals surface area contributed by atoms with Gasteiger partial charge in [0.25, 0.3) is 0 Å². The minimum absolute atomic E-state index is 0.342. The standard InChI is InChI=1S/C9H18N4O3S/c1-4-7(14)6-17-9-10-11-12-13(9)5-8(15-2)16-3/h7-8,14H,4-6H2,1-3H3. The molecule has 1 aromatic heterocycles. The van der Waals surface area contributed by atoms with Crippen molar-refractivity contribution in [1.82, 2.24) is 20.2 Å². The number of aromatic nitrogens is 4. The number of ether oxygens (including phenoxy) is 2. The summed E-state index contributed by atoms with van der Waals surface area (Å²) >= 11 is 1.42. The lowest BCUT2D eigenvalue weighted by Crippen LogP contribution is -2.22. The van der Waals surface area contributed by atoms with E-state index in [0.717, 1.165) is 0 Å². The molecule has 0 fully saturated rings. The van der Waals surface area contributed by atoms with Crippen molar-refractivity contribution in [3.8, 4) is 0 Å². The predicted molar refractivity (Wildman–Crippen MR) is 62.6 cm³/mol. The number of hydrogen-bond donors (Lipinski definition) is 1. The van der Waals surface area contributed by atoms with E-state index in [1.165, 1.54) is 11.8 Å². The van der Waals surface area contributed by atoms with Crippen LogP contribution in [-0.4, -0.2) is 57.7 Å². The number of hydrogen-bond acceptors (Lipinski definition) is 7. The molecule has 0 amide bonds. The lowest BCUT2D eigenvalue weighted by molar-refractivity contribution is -0.113. The Labute approximate surface area is 104 Å². The number of nitrogens with zero attached hydrogens (tertiary/aromatic N) is 4. The summed E-state index contributed by atoms with van der Waals surface area (Å²) < 4.78 is 11.8. The molecule has 0 bridgehead atoms. The minimum Gasteiger partial charge on any atom is -0.392 e. The van der Waals surface area contributed by atoms with Crippen LogP contribution in [0, 0.1) is 0 Å². The second-order valence-corrected chi connectivity index (χ2v) is 4.40. The second kappa shape index (κ2) is 7.59. The van der Waals surface area contributed by atoms with E-state index in [-0.39, 0.29) is 12.4 Å². The van der Waals surface area contributed by atoms with Crippen LogP contribution in [0.15, 0.2) is 5.16 Å². The molecule has 1 N–H and O–H groups in total. The third-order valence-electron chi connectivity index (χ3n) is 2.22. The molecule has 1 atom stereocenters. The van der Waals surface area contributed by atoms with Crippen molar-refractivity contribution in [2.75, 3.05) is 20.0 Å². The normalized spacial score (nSPS) is 13.2. The largest absolute Gasteiger partial charge is 0.392 e. The molecule has 0 saturated carbocycles. The number of methoxy groups -OCH3 is 2. The van der Waals surface area contributed by atoms with Gasteiger partial charge in [-0.1, -0.05) is 18.7 Å². The number of aliphatic hydroxyl groups excluding tert-OH is 1. The summed E-state index contributed by atoms with van der Waals surface area (Å²) in [7, 11) is 3.12. The zero-order valence-electron chi connectivity index (χ0n) is 10.2. The van der Waals surface area contributed by atoms with Crippen molar-refractivity contribution in [1.29, 1.82) is 0 Å². The maximum Gasteiger partial charge on any atom is 0.209 e. The van der Waals surface area contributed by atoms with E-state index in [4.69, 9.17) is 9.47 Å². The first kappa shape index (κ1) is 14.4. The van der Waals surface area contributed by atoms with Gasteiger partial charge in [0.05, 0.1) is 12.6 Å². The van der Waals surface area contributed by atoms with Crippen LogP contribution in [-0.2, 0) is 16.0 Å². The fraction of sp³-hybridized carbons (Fsp3) is 0.889. The SMILES string of the molecule is CCC(O)CSc1nnnn1CC(OC)OC. The molecule has 98 valence electrons. The van der Waals surface area contributed by atoms with E-state index in [1.807, 2.05) is 6.92 Å². The average Bonchev–Trinajstić information content (AvgIpc) is 2.80. The monoisotopic (exact) mass is 262 g/mol. The highest BCUT2D eigenvalue weighted by molar-refractivity contribution is 7.99. The molecule has 7 nitrogen and oxygen atoms in total. The molecule has 1 rings (SSSR count). The summed E-state index contributed by atoms with van der Waals surface area (Å²) in [6.45, 7) is 2.35. The maximum atomic E-state index is 9.47. The first-order valence-corrected chi connectivity index (χ1v) is 6.32. The van der Waals surface area contributed by atoms with Crippen LogP contribution >= 0.6 is 11.8 Å². The first-order chi connectivity index (χ1) is 8.21. The Bertz CT molecular complexity index is 319. The topological polar surface area (TPSA) is 82.3 Å². The van der Waals surface area contributed by atoms with E-state index in [1.54, 1.807) is 18.9 Å². The molecule has 0 aliphatic heterocycles. The summed E-state index contributed by atoms with van der Waals surface area (Å²) in [5.74, 6) is 0.571. The van der Waals surface area contributed by atoms with E-state index < -0.39 is 0 Å². The summed E-state index contributed by atoms with van der Waals surface area (Å²) in [6, 6.07) is 0. The molecule has 0 radical (unpaired) electrons. The lowest BCUT2D eigenvalue weighted by atomic mass is 10.3. The van der Waals surface area contributed by atoms with Crippen LogP contribution < -0.4 is 0 Å². The van der Waals surface area contributed by atoms with Crippen LogP contribution in [0.1, 0.15) is 13.3 Å². The van der Waals surface area contributed by atoms with Gasteiger partial charge in [0.1, 0.15) is 0 Å². The molecule has 0 aliphatic carbocycles. The zero-order valence-corrected chi connectivity index (χ0v) is 11.1. The molecule has 8 heteroatoms. The van der Waals surface area contributed by atoms with Crippen molar-refractivity contribution in [2.24, 2.45) is 0 Å². The molecule has 0 aliphatic rings. The lowest BCUT2D eigenvalue weighted by Gasteiger charge is -2.13. The summed E-state index contributed by atoms with van der Waals surface area (Å²) in [6.07, 6.45) is -0.00685. The molecule has 0 spiro atoms. The average molecular weight is 262 g/mol. The smallest absolute Gasteiger partial charge is 0.209 e. The van der Waals surface area contributed by atoms with Gasteiger partial charge in [0, 0.05) is 20.0 Å². The van der Waals surface area contributed by atoms with E-state index in [9.17, 15) is 5.11 Å². The molecular weight excluding hydrogens is 244 g/mol. The fourth-order valence-electron chi connectivity index (χ4n) is 1.09. The highest BCUT2D eigenvalue weighted by atomic mass is 32.2. The zero-order chi connectivity index (χ0) is 12.7. The Kier molecular flexibility index (Phi) is 6.41. The Morgan fingerprint density at radius 1 is 1.41 bits per heavy atom. The number of aliphatic hydroxyl groups is 1. The maximum absolute atomic E-state index is 9.47. The van der Waals surface area contributed by atoms with Crippen LogP contribution in [0.4, 0.5) is 0 Å². The number of thioether (sulfide) groups is 1. The summed E-state index contributed by atoms with van der Waals surface area (Å²) in [5, 5.41) is 21.5. The highest BCUT2D eigenvalue weighted by Crippen LogP contribution is 2.16. The van der Waals surface area contributed by atoms with Gasteiger partial charge in [0.2, 0.25) is 5.16 Å². The van der Waals surface area contributed by atoms with Crippen LogP contribution in [0.5, 0.6) is 0 Å². The Morgan fingerprint density at radius 2 is 2.12 bits per heavy atom. The molecule has 1 heterocycles. The number of rotatable bonds is 8. The molecule has 1 aromatic rings. The van der Waals surface area contributed by atoms with Gasteiger partial charge in [-0.05, 0) is 16.8 Å². The van der Waals surface area contributed by atoms with Gasteiger partial charge in [-0.15, -0.1) is 5.10 Å². The summed E-state index contributed by atoms with van der Waals surface area (Å²) in [5.41, 5.74) is 0. The van der Waals surface area contributed by atoms with Crippen molar-refractivity contribution >= 4 is 11.8 Å². The van der Waals surface area contributed by atoms with Crippen molar-refractivity contribution in [3.63, 3.8) is 0 Å². The molecular formula is C9H18N4O3S. The fourth-order valence-corrected chi connectivity index (χ4v) is 2.02. The van der Waals surface area contributed by atoms with Gasteiger partial charge in [0.15, 0.2) is 6.29 Å². The van der Waals surface area contributed by atoms with E-state index in [0.29, 0.717) is 23.9 Å². The summed E-state index contributed by atoms with van der Waals surface area (Å²) in [4.78, 5) is 0. The van der Waals surface area contributed by atoms with E-state index in [2.05, 4.69) is 15.5 Å². The third kappa shape index (κ3) is 4.58. The molecule has 1 unspecified atom stereocenters. The Hall–Kier alpha value is -0.700.